The van der Waals surface area contributed by atoms with Crippen LogP contribution in [0.4, 0.5) is 5.69 Å². The van der Waals surface area contributed by atoms with Crippen LogP contribution in [0.3, 0.4) is 0 Å². The van der Waals surface area contributed by atoms with Crippen LogP contribution >= 0.6 is 15.9 Å². The molecule has 0 bridgehead atoms. The van der Waals surface area contributed by atoms with E-state index in [1.165, 1.54) is 0 Å². The second-order valence-corrected chi connectivity index (χ2v) is 4.91. The average Bonchev–Trinajstić information content (AvgIpc) is 2.77. The predicted octanol–water partition coefficient (Wildman–Crippen LogP) is 2.12. The summed E-state index contributed by atoms with van der Waals surface area (Å²) in [7, 11) is 1.99. The van der Waals surface area contributed by atoms with E-state index in [9.17, 15) is 0 Å². The highest BCUT2D eigenvalue weighted by atomic mass is 79.9. The van der Waals surface area contributed by atoms with Crippen molar-refractivity contribution in [2.45, 2.75) is 12.5 Å². The first-order valence-electron chi connectivity index (χ1n) is 5.36. The summed E-state index contributed by atoms with van der Waals surface area (Å²) in [5.74, 6) is 0. The molecular weight excluding hydrogens is 266 g/mol. The molecule has 0 amide bonds. The van der Waals surface area contributed by atoms with Gasteiger partial charge < -0.3 is 10.2 Å². The average molecular weight is 280 g/mol. The lowest BCUT2D eigenvalue weighted by atomic mass is 10.2. The fraction of sp³-hybridized carbons (Fsp3) is 0.417. The van der Waals surface area contributed by atoms with Gasteiger partial charge in [0.25, 0.3) is 0 Å². The quantitative estimate of drug-likeness (QED) is 0.902. The van der Waals surface area contributed by atoms with Gasteiger partial charge in [0.05, 0.1) is 11.3 Å². The molecule has 4 heteroatoms. The van der Waals surface area contributed by atoms with Gasteiger partial charge in [0.15, 0.2) is 0 Å². The Labute approximate surface area is 104 Å². The Hall–Kier alpha value is -1.05. The first kappa shape index (κ1) is 11.4. The third-order valence-corrected chi connectivity index (χ3v) is 3.51. The Kier molecular flexibility index (Phi) is 3.47. The second kappa shape index (κ2) is 4.86. The van der Waals surface area contributed by atoms with E-state index in [4.69, 9.17) is 5.26 Å². The van der Waals surface area contributed by atoms with Gasteiger partial charge in [-0.3, -0.25) is 0 Å². The number of hydrogen-bond donors (Lipinski definition) is 1. The van der Waals surface area contributed by atoms with Gasteiger partial charge in [-0.2, -0.15) is 5.26 Å². The van der Waals surface area contributed by atoms with Crippen LogP contribution in [0, 0.1) is 11.3 Å². The molecule has 0 saturated carbocycles. The van der Waals surface area contributed by atoms with Crippen molar-refractivity contribution in [2.24, 2.45) is 0 Å². The van der Waals surface area contributed by atoms with Gasteiger partial charge in [-0.1, -0.05) is 15.9 Å². The second-order valence-electron chi connectivity index (χ2n) is 3.99. The molecule has 0 aliphatic carbocycles. The molecule has 0 spiro atoms. The van der Waals surface area contributed by atoms with Crippen LogP contribution in [0.2, 0.25) is 0 Å². The Bertz CT molecular complexity index is 425. The van der Waals surface area contributed by atoms with E-state index in [1.807, 2.05) is 25.2 Å². The molecule has 0 aromatic heterocycles. The van der Waals surface area contributed by atoms with Gasteiger partial charge >= 0.3 is 0 Å². The molecule has 3 nitrogen and oxygen atoms in total. The predicted molar refractivity (Wildman–Crippen MR) is 68.5 cm³/mol. The zero-order chi connectivity index (χ0) is 11.5. The van der Waals surface area contributed by atoms with Crippen molar-refractivity contribution in [1.82, 2.24) is 5.32 Å². The summed E-state index contributed by atoms with van der Waals surface area (Å²) in [5, 5.41) is 12.4. The Morgan fingerprint density at radius 3 is 3.00 bits per heavy atom. The van der Waals surface area contributed by atoms with Gasteiger partial charge in [0, 0.05) is 23.6 Å². The van der Waals surface area contributed by atoms with Crippen molar-refractivity contribution in [1.29, 1.82) is 5.26 Å². The first-order chi connectivity index (χ1) is 7.74. The summed E-state index contributed by atoms with van der Waals surface area (Å²) >= 11 is 3.39. The van der Waals surface area contributed by atoms with Crippen molar-refractivity contribution in [3.8, 4) is 6.07 Å². The van der Waals surface area contributed by atoms with Crippen molar-refractivity contribution in [3.05, 3.63) is 28.2 Å². The summed E-state index contributed by atoms with van der Waals surface area (Å²) < 4.78 is 0.956. The highest BCUT2D eigenvalue weighted by molar-refractivity contribution is 9.10. The topological polar surface area (TPSA) is 39.1 Å². The fourth-order valence-corrected chi connectivity index (χ4v) is 2.45. The lowest BCUT2D eigenvalue weighted by molar-refractivity contribution is 0.617. The van der Waals surface area contributed by atoms with Gasteiger partial charge in [0.2, 0.25) is 0 Å². The van der Waals surface area contributed by atoms with Crippen molar-refractivity contribution in [2.75, 3.05) is 25.0 Å². The van der Waals surface area contributed by atoms with Crippen LogP contribution in [-0.4, -0.2) is 26.2 Å². The lowest BCUT2D eigenvalue weighted by Crippen LogP contribution is -2.29. The molecule has 1 saturated heterocycles. The van der Waals surface area contributed by atoms with E-state index in [1.54, 1.807) is 0 Å². The summed E-state index contributed by atoms with van der Waals surface area (Å²) in [6.07, 6.45) is 1.14. The molecule has 1 aliphatic rings. The third kappa shape index (κ3) is 2.21. The van der Waals surface area contributed by atoms with Crippen LogP contribution in [0.5, 0.6) is 0 Å². The number of benzene rings is 1. The molecule has 16 heavy (non-hydrogen) atoms. The molecule has 1 atom stereocenters. The number of rotatable bonds is 2. The van der Waals surface area contributed by atoms with Crippen LogP contribution < -0.4 is 10.2 Å². The van der Waals surface area contributed by atoms with E-state index >= 15 is 0 Å². The van der Waals surface area contributed by atoms with E-state index < -0.39 is 0 Å². The summed E-state index contributed by atoms with van der Waals surface area (Å²) in [6, 6.07) is 8.67. The minimum Gasteiger partial charge on any atom is -0.369 e. The normalized spacial score (nSPS) is 19.8. The van der Waals surface area contributed by atoms with E-state index in [0.717, 1.165) is 35.2 Å². The third-order valence-electron chi connectivity index (χ3n) is 3.02. The Morgan fingerprint density at radius 2 is 2.38 bits per heavy atom. The van der Waals surface area contributed by atoms with Crippen LogP contribution in [-0.2, 0) is 0 Å². The van der Waals surface area contributed by atoms with Crippen LogP contribution in [0.1, 0.15) is 12.0 Å². The zero-order valence-corrected chi connectivity index (χ0v) is 10.8. The standard InChI is InChI=1S/C12H14BrN3/c1-15-11-4-5-16(8-11)12-3-2-10(13)6-9(12)7-14/h2-3,6,11,15H,4-5,8H2,1H3. The molecule has 1 N–H and O–H groups in total. The summed E-state index contributed by atoms with van der Waals surface area (Å²) in [4.78, 5) is 2.27. The molecule has 1 unspecified atom stereocenters. The maximum absolute atomic E-state index is 9.11. The highest BCUT2D eigenvalue weighted by Gasteiger charge is 2.22. The lowest BCUT2D eigenvalue weighted by Gasteiger charge is -2.20. The molecule has 1 fully saturated rings. The highest BCUT2D eigenvalue weighted by Crippen LogP contribution is 2.26. The van der Waals surface area contributed by atoms with E-state index in [-0.39, 0.29) is 0 Å². The van der Waals surface area contributed by atoms with E-state index in [0.29, 0.717) is 6.04 Å². The minimum atomic E-state index is 0.537. The molecule has 0 radical (unpaired) electrons. The van der Waals surface area contributed by atoms with Gasteiger partial charge in [-0.25, -0.2) is 0 Å². The van der Waals surface area contributed by atoms with Crippen LogP contribution in [0.25, 0.3) is 0 Å². The minimum absolute atomic E-state index is 0.537. The van der Waals surface area contributed by atoms with Crippen LogP contribution in [0.15, 0.2) is 22.7 Å². The monoisotopic (exact) mass is 279 g/mol. The number of nitrogens with one attached hydrogen (secondary N) is 1. The van der Waals surface area contributed by atoms with Gasteiger partial charge in [-0.15, -0.1) is 0 Å². The number of likely N-dealkylation sites (N-methyl/N-ethyl adjacent to an activating group) is 1. The molecule has 1 aromatic rings. The fourth-order valence-electron chi connectivity index (χ4n) is 2.09. The molecule has 1 aromatic carbocycles. The Morgan fingerprint density at radius 1 is 1.56 bits per heavy atom. The van der Waals surface area contributed by atoms with Crippen molar-refractivity contribution in [3.63, 3.8) is 0 Å². The van der Waals surface area contributed by atoms with E-state index in [2.05, 4.69) is 32.2 Å². The molecular formula is C12H14BrN3. The zero-order valence-electron chi connectivity index (χ0n) is 9.20. The first-order valence-corrected chi connectivity index (χ1v) is 6.15. The maximum Gasteiger partial charge on any atom is 0.101 e. The van der Waals surface area contributed by atoms with Gasteiger partial charge in [-0.05, 0) is 31.7 Å². The summed E-state index contributed by atoms with van der Waals surface area (Å²) in [6.45, 7) is 1.99. The number of nitrogens with zero attached hydrogens (tertiary/aromatic N) is 2. The van der Waals surface area contributed by atoms with Gasteiger partial charge in [0.1, 0.15) is 6.07 Å². The maximum atomic E-state index is 9.11. The number of anilines is 1. The molecule has 1 aliphatic heterocycles. The van der Waals surface area contributed by atoms with Crippen molar-refractivity contribution < 1.29 is 0 Å². The Balaban J connectivity index is 2.25. The number of hydrogen-bond acceptors (Lipinski definition) is 3. The van der Waals surface area contributed by atoms with Crippen molar-refractivity contribution >= 4 is 21.6 Å². The largest absolute Gasteiger partial charge is 0.369 e. The summed E-state index contributed by atoms with van der Waals surface area (Å²) in [5.41, 5.74) is 1.79. The molecule has 1 heterocycles. The molecule has 2 rings (SSSR count). The SMILES string of the molecule is CNC1CCN(c2ccc(Br)cc2C#N)C1. The smallest absolute Gasteiger partial charge is 0.101 e. The molecule has 84 valence electrons. The number of nitriles is 1. The number of halogens is 1.